The summed E-state index contributed by atoms with van der Waals surface area (Å²) in [5, 5.41) is 4.10. The number of hydrogen-bond acceptors (Lipinski definition) is 5. The summed E-state index contributed by atoms with van der Waals surface area (Å²) in [6.45, 7) is 4.00. The fraction of sp³-hybridized carbons (Fsp3) is 0.714. The summed E-state index contributed by atoms with van der Waals surface area (Å²) in [5.41, 5.74) is 5.17. The molecule has 120 valence electrons. The van der Waals surface area contributed by atoms with Crippen molar-refractivity contribution in [3.8, 4) is 0 Å². The third kappa shape index (κ3) is 2.83. The molecule has 0 aliphatic carbocycles. The molecule has 3 heterocycles. The molecule has 2 saturated heterocycles. The van der Waals surface area contributed by atoms with Gasteiger partial charge in [0.2, 0.25) is 5.82 Å². The molecule has 8 heteroatoms. The molecule has 3 rings (SSSR count). The fourth-order valence-corrected chi connectivity index (χ4v) is 3.13. The van der Waals surface area contributed by atoms with Crippen LogP contribution in [-0.2, 0) is 9.53 Å². The molecule has 2 aliphatic heterocycles. The number of piperidine rings is 1. The number of ether oxygens (including phenoxy) is 1. The second-order valence-corrected chi connectivity index (χ2v) is 6.05. The Morgan fingerprint density at radius 1 is 1.41 bits per heavy atom. The van der Waals surface area contributed by atoms with Gasteiger partial charge in [0, 0.05) is 19.7 Å². The molecule has 0 aromatic carbocycles. The van der Waals surface area contributed by atoms with E-state index >= 15 is 0 Å². The van der Waals surface area contributed by atoms with E-state index in [0.717, 1.165) is 25.8 Å². The first-order valence-corrected chi connectivity index (χ1v) is 7.67. The van der Waals surface area contributed by atoms with Gasteiger partial charge in [-0.3, -0.25) is 9.59 Å². The maximum atomic E-state index is 12.6. The van der Waals surface area contributed by atoms with Crippen molar-refractivity contribution in [2.75, 3.05) is 19.7 Å². The molecule has 0 saturated carbocycles. The maximum absolute atomic E-state index is 12.6. The number of nitrogens with two attached hydrogens (primary N) is 1. The van der Waals surface area contributed by atoms with Gasteiger partial charge in [0.25, 0.3) is 11.8 Å². The van der Waals surface area contributed by atoms with Gasteiger partial charge in [-0.1, -0.05) is 6.92 Å². The monoisotopic (exact) mass is 307 g/mol. The van der Waals surface area contributed by atoms with E-state index in [0.29, 0.717) is 13.2 Å². The van der Waals surface area contributed by atoms with E-state index in [2.05, 4.69) is 10.1 Å². The molecule has 1 aromatic heterocycles. The van der Waals surface area contributed by atoms with Crippen LogP contribution >= 0.6 is 0 Å². The molecule has 0 radical (unpaired) electrons. The summed E-state index contributed by atoms with van der Waals surface area (Å²) in [5.74, 6) is -0.308. The van der Waals surface area contributed by atoms with Gasteiger partial charge < -0.3 is 15.4 Å². The number of rotatable bonds is 3. The van der Waals surface area contributed by atoms with Crippen molar-refractivity contribution < 1.29 is 14.3 Å². The number of aromatic nitrogens is 3. The standard InChI is InChI=1S/C14H21N5O3/c1-9-4-6-22-11(9)14(21)18-5-2-3-10(7-18)19-8-16-13(17-19)12(15)20/h8-11H,2-7H2,1H3,(H2,15,20)/t9-,10-,11-/m1/s1. The molecule has 3 atom stereocenters. The van der Waals surface area contributed by atoms with Gasteiger partial charge >= 0.3 is 0 Å². The summed E-state index contributed by atoms with van der Waals surface area (Å²) in [6, 6.07) is 0.0232. The molecule has 1 aromatic rings. The average molecular weight is 307 g/mol. The van der Waals surface area contributed by atoms with Gasteiger partial charge in [0.05, 0.1) is 6.04 Å². The van der Waals surface area contributed by atoms with E-state index in [1.54, 1.807) is 4.68 Å². The van der Waals surface area contributed by atoms with E-state index in [9.17, 15) is 9.59 Å². The first-order valence-electron chi connectivity index (χ1n) is 7.67. The third-order valence-electron chi connectivity index (χ3n) is 4.44. The van der Waals surface area contributed by atoms with E-state index in [4.69, 9.17) is 10.5 Å². The third-order valence-corrected chi connectivity index (χ3v) is 4.44. The van der Waals surface area contributed by atoms with Crippen LogP contribution in [0.5, 0.6) is 0 Å². The van der Waals surface area contributed by atoms with Crippen molar-refractivity contribution in [3.05, 3.63) is 12.2 Å². The van der Waals surface area contributed by atoms with Gasteiger partial charge in [-0.05, 0) is 25.2 Å². The fourth-order valence-electron chi connectivity index (χ4n) is 3.13. The lowest BCUT2D eigenvalue weighted by atomic mass is 10.0. The van der Waals surface area contributed by atoms with Gasteiger partial charge in [0.1, 0.15) is 12.4 Å². The highest BCUT2D eigenvalue weighted by atomic mass is 16.5. The Balaban J connectivity index is 1.68. The number of amides is 2. The van der Waals surface area contributed by atoms with E-state index < -0.39 is 5.91 Å². The number of likely N-dealkylation sites (tertiary alicyclic amines) is 1. The highest BCUT2D eigenvalue weighted by Gasteiger charge is 2.36. The summed E-state index contributed by atoms with van der Waals surface area (Å²) in [4.78, 5) is 29.4. The minimum Gasteiger partial charge on any atom is -0.368 e. The largest absolute Gasteiger partial charge is 0.368 e. The Kier molecular flexibility index (Phi) is 4.10. The quantitative estimate of drug-likeness (QED) is 0.844. The van der Waals surface area contributed by atoms with E-state index in [-0.39, 0.29) is 29.8 Å². The molecule has 0 spiro atoms. The van der Waals surface area contributed by atoms with Crippen LogP contribution < -0.4 is 5.73 Å². The number of hydrogen-bond donors (Lipinski definition) is 1. The molecule has 2 fully saturated rings. The second kappa shape index (κ2) is 6.04. The van der Waals surface area contributed by atoms with Gasteiger partial charge in [-0.25, -0.2) is 9.67 Å². The average Bonchev–Trinajstić information content (AvgIpc) is 3.15. The van der Waals surface area contributed by atoms with Crippen molar-refractivity contribution >= 4 is 11.8 Å². The Morgan fingerprint density at radius 3 is 2.86 bits per heavy atom. The zero-order valence-corrected chi connectivity index (χ0v) is 12.6. The number of nitrogens with zero attached hydrogens (tertiary/aromatic N) is 4. The van der Waals surface area contributed by atoms with Crippen molar-refractivity contribution in [1.29, 1.82) is 0 Å². The predicted molar refractivity (Wildman–Crippen MR) is 76.9 cm³/mol. The number of carbonyl (C=O) groups excluding carboxylic acids is 2. The lowest BCUT2D eigenvalue weighted by Gasteiger charge is -2.34. The first-order chi connectivity index (χ1) is 10.6. The van der Waals surface area contributed by atoms with Crippen LogP contribution in [0.3, 0.4) is 0 Å². The van der Waals surface area contributed by atoms with Crippen LogP contribution in [0, 0.1) is 5.92 Å². The molecular formula is C14H21N5O3. The minimum atomic E-state index is -0.643. The number of carbonyl (C=O) groups is 2. The maximum Gasteiger partial charge on any atom is 0.288 e. The molecule has 0 unspecified atom stereocenters. The Bertz CT molecular complexity index is 573. The SMILES string of the molecule is C[C@@H]1CCO[C@H]1C(=O)N1CCC[C@@H](n2cnc(C(N)=O)n2)C1. The Labute approximate surface area is 128 Å². The summed E-state index contributed by atoms with van der Waals surface area (Å²) in [6.07, 6.45) is 3.90. The Hall–Kier alpha value is -1.96. The predicted octanol–water partition coefficient (Wildman–Crippen LogP) is -0.0345. The van der Waals surface area contributed by atoms with E-state index in [1.165, 1.54) is 6.33 Å². The van der Waals surface area contributed by atoms with Crippen LogP contribution in [0.4, 0.5) is 0 Å². The molecule has 0 bridgehead atoms. The molecular weight excluding hydrogens is 286 g/mol. The first kappa shape index (κ1) is 15.0. The van der Waals surface area contributed by atoms with E-state index in [1.807, 2.05) is 11.8 Å². The summed E-state index contributed by atoms with van der Waals surface area (Å²) < 4.78 is 7.21. The molecule has 2 aliphatic rings. The van der Waals surface area contributed by atoms with Gasteiger partial charge in [-0.2, -0.15) is 0 Å². The second-order valence-electron chi connectivity index (χ2n) is 6.05. The van der Waals surface area contributed by atoms with Crippen LogP contribution in [-0.4, -0.2) is 57.3 Å². The van der Waals surface area contributed by atoms with Crippen LogP contribution in [0.2, 0.25) is 0 Å². The summed E-state index contributed by atoms with van der Waals surface area (Å²) in [7, 11) is 0. The van der Waals surface area contributed by atoms with Crippen LogP contribution in [0.15, 0.2) is 6.33 Å². The molecule has 8 nitrogen and oxygen atoms in total. The van der Waals surface area contributed by atoms with Gasteiger partial charge in [-0.15, -0.1) is 5.10 Å². The highest BCUT2D eigenvalue weighted by Crippen LogP contribution is 2.26. The van der Waals surface area contributed by atoms with Crippen LogP contribution in [0.1, 0.15) is 42.8 Å². The topological polar surface area (TPSA) is 103 Å². The van der Waals surface area contributed by atoms with Crippen molar-refractivity contribution in [2.45, 2.75) is 38.3 Å². The highest BCUT2D eigenvalue weighted by molar-refractivity contribution is 5.88. The van der Waals surface area contributed by atoms with Crippen LogP contribution in [0.25, 0.3) is 0 Å². The molecule has 2 N–H and O–H groups in total. The normalized spacial score (nSPS) is 28.8. The molecule has 22 heavy (non-hydrogen) atoms. The lowest BCUT2D eigenvalue weighted by molar-refractivity contribution is -0.144. The molecule has 2 amide bonds. The smallest absolute Gasteiger partial charge is 0.288 e. The number of primary amides is 1. The lowest BCUT2D eigenvalue weighted by Crippen LogP contribution is -2.46. The zero-order valence-electron chi connectivity index (χ0n) is 12.6. The zero-order chi connectivity index (χ0) is 15.7. The van der Waals surface area contributed by atoms with Crippen molar-refractivity contribution in [3.63, 3.8) is 0 Å². The Morgan fingerprint density at radius 2 is 2.23 bits per heavy atom. The van der Waals surface area contributed by atoms with Gasteiger partial charge in [0.15, 0.2) is 0 Å². The van der Waals surface area contributed by atoms with Crippen molar-refractivity contribution in [1.82, 2.24) is 19.7 Å². The minimum absolute atomic E-state index is 0.0104. The van der Waals surface area contributed by atoms with Crippen molar-refractivity contribution in [2.24, 2.45) is 11.7 Å². The summed E-state index contributed by atoms with van der Waals surface area (Å²) >= 11 is 0.